The number of allylic oxidation sites excluding steroid dienone is 1. The zero-order valence-corrected chi connectivity index (χ0v) is 16.6. The van der Waals surface area contributed by atoms with Crippen LogP contribution >= 0.6 is 0 Å². The van der Waals surface area contributed by atoms with Crippen molar-refractivity contribution in [1.82, 2.24) is 4.57 Å². The molecule has 2 N–H and O–H groups in total. The minimum absolute atomic E-state index is 0.00604. The average Bonchev–Trinajstić information content (AvgIpc) is 3.26. The normalized spacial score (nSPS) is 23.4. The van der Waals surface area contributed by atoms with Crippen LogP contribution in [-0.4, -0.2) is 32.3 Å². The Bertz CT molecular complexity index is 1390. The van der Waals surface area contributed by atoms with E-state index in [0.29, 0.717) is 5.69 Å². The second-order valence-corrected chi connectivity index (χ2v) is 7.73. The zero-order valence-electron chi connectivity index (χ0n) is 16.6. The van der Waals surface area contributed by atoms with Gasteiger partial charge >= 0.3 is 5.97 Å². The lowest BCUT2D eigenvalue weighted by atomic mass is 9.86. The van der Waals surface area contributed by atoms with E-state index in [0.717, 1.165) is 4.57 Å². The number of cyclic esters (lactones) is 1. The van der Waals surface area contributed by atoms with Gasteiger partial charge in [-0.15, -0.1) is 0 Å². The summed E-state index contributed by atoms with van der Waals surface area (Å²) in [6.45, 7) is 0.970. The molecular weight excluding hydrogens is 422 g/mol. The molecule has 162 valence electrons. The number of ether oxygens (including phenoxy) is 1. The summed E-state index contributed by atoms with van der Waals surface area (Å²) in [7, 11) is 0. The summed E-state index contributed by atoms with van der Waals surface area (Å²) < 4.78 is 6.13. The molecule has 2 aromatic rings. The van der Waals surface area contributed by atoms with Gasteiger partial charge in [-0.2, -0.15) is 0 Å². The van der Waals surface area contributed by atoms with Crippen LogP contribution < -0.4 is 10.9 Å². The second-order valence-electron chi connectivity index (χ2n) is 7.73. The topological polar surface area (TPSA) is 158 Å². The predicted octanol–water partition coefficient (Wildman–Crippen LogP) is 1.01. The number of carbonyl (C=O) groups is 3. The molecule has 1 aromatic heterocycles. The molecule has 0 bridgehead atoms. The predicted molar refractivity (Wildman–Crippen MR) is 108 cm³/mol. The van der Waals surface area contributed by atoms with Gasteiger partial charge in [0.05, 0.1) is 28.3 Å². The number of fused-ring (bicyclic) bond motifs is 3. The Labute approximate surface area is 179 Å². The van der Waals surface area contributed by atoms with Gasteiger partial charge in [-0.25, -0.2) is 4.79 Å². The largest absolute Gasteiger partial charge is 0.458 e. The first-order valence-electron chi connectivity index (χ1n) is 9.72. The lowest BCUT2D eigenvalue weighted by Gasteiger charge is -2.31. The zero-order chi connectivity index (χ0) is 22.9. The van der Waals surface area contributed by atoms with E-state index in [2.05, 4.69) is 5.32 Å². The number of anilines is 1. The van der Waals surface area contributed by atoms with Crippen LogP contribution in [0.2, 0.25) is 0 Å². The number of nitro groups is 1. The Balaban J connectivity index is 1.71. The van der Waals surface area contributed by atoms with Gasteiger partial charge in [0.2, 0.25) is 5.78 Å². The molecule has 32 heavy (non-hydrogen) atoms. The molecule has 0 saturated carbocycles. The molecule has 0 spiro atoms. The third kappa shape index (κ3) is 2.45. The Morgan fingerprint density at radius 2 is 2.00 bits per heavy atom. The molecule has 0 fully saturated rings. The van der Waals surface area contributed by atoms with Crippen LogP contribution in [0.4, 0.5) is 11.4 Å². The number of carbonyl (C=O) groups excluding carboxylic acids is 3. The quantitative estimate of drug-likeness (QED) is 0.305. The van der Waals surface area contributed by atoms with Crippen molar-refractivity contribution in [3.05, 3.63) is 72.7 Å². The van der Waals surface area contributed by atoms with Gasteiger partial charge in [-0.3, -0.25) is 24.5 Å². The maximum atomic E-state index is 13.2. The molecule has 0 saturated heterocycles. The molecule has 0 unspecified atom stereocenters. The van der Waals surface area contributed by atoms with Crippen LogP contribution in [0, 0.1) is 10.1 Å². The van der Waals surface area contributed by atoms with Crippen molar-refractivity contribution in [2.45, 2.75) is 32.1 Å². The molecule has 3 aliphatic heterocycles. The summed E-state index contributed by atoms with van der Waals surface area (Å²) in [5.74, 6) is -2.15. The van der Waals surface area contributed by atoms with Crippen molar-refractivity contribution in [3.8, 4) is 0 Å². The summed E-state index contributed by atoms with van der Waals surface area (Å²) >= 11 is 0. The number of ketones is 1. The number of nitrogens with zero attached hydrogens (tertiary/aromatic N) is 2. The van der Waals surface area contributed by atoms with Gasteiger partial charge in [-0.1, -0.05) is 6.92 Å². The van der Waals surface area contributed by atoms with Crippen molar-refractivity contribution >= 4 is 34.6 Å². The Hall–Kier alpha value is -4.12. The summed E-state index contributed by atoms with van der Waals surface area (Å²) in [4.78, 5) is 61.7. The number of rotatable bonds is 2. The smallest absolute Gasteiger partial charge is 0.343 e. The molecule has 1 atom stereocenters. The third-order valence-electron chi connectivity index (χ3n) is 6.13. The first-order chi connectivity index (χ1) is 15.2. The highest BCUT2D eigenvalue weighted by molar-refractivity contribution is 6.37. The number of aromatic nitrogens is 1. The summed E-state index contributed by atoms with van der Waals surface area (Å²) in [6, 6.07) is 5.10. The number of pyridine rings is 1. The highest BCUT2D eigenvalue weighted by Crippen LogP contribution is 2.40. The van der Waals surface area contributed by atoms with Crippen molar-refractivity contribution in [3.63, 3.8) is 0 Å². The van der Waals surface area contributed by atoms with Crippen molar-refractivity contribution < 1.29 is 29.2 Å². The van der Waals surface area contributed by atoms with Gasteiger partial charge in [-0.05, 0) is 18.6 Å². The minimum atomic E-state index is -2.06. The number of nitro benzene ring substituents is 1. The van der Waals surface area contributed by atoms with Gasteiger partial charge in [0, 0.05) is 34.5 Å². The number of benzene rings is 1. The highest BCUT2D eigenvalue weighted by atomic mass is 16.6. The van der Waals surface area contributed by atoms with Gasteiger partial charge in [0.25, 0.3) is 17.2 Å². The second kappa shape index (κ2) is 6.44. The number of hydrogen-bond donors (Lipinski definition) is 2. The molecular formula is C21H15N3O8. The molecule has 11 nitrogen and oxygen atoms in total. The van der Waals surface area contributed by atoms with Crippen LogP contribution in [0.3, 0.4) is 0 Å². The van der Waals surface area contributed by atoms with Crippen molar-refractivity contribution in [1.29, 1.82) is 0 Å². The SMILES string of the molecule is CC[C@]1(O)C(=O)OCc2c1cc1n(c2=O)C/C(=C2/C(=O)Nc3ccc([N+](=O)[O-])cc32)C1=O. The van der Waals surface area contributed by atoms with E-state index in [-0.39, 0.29) is 58.8 Å². The summed E-state index contributed by atoms with van der Waals surface area (Å²) in [6.07, 6.45) is -0.0662. The van der Waals surface area contributed by atoms with Crippen LogP contribution in [0.25, 0.3) is 5.57 Å². The Morgan fingerprint density at radius 3 is 2.69 bits per heavy atom. The number of aliphatic hydroxyl groups is 1. The van der Waals surface area contributed by atoms with E-state index in [1.54, 1.807) is 6.92 Å². The number of Topliss-reactive ketones (excluding diaryl/α,β-unsaturated/α-hetero) is 1. The van der Waals surface area contributed by atoms with Crippen LogP contribution in [0.5, 0.6) is 0 Å². The van der Waals surface area contributed by atoms with Crippen LogP contribution in [0.1, 0.15) is 40.5 Å². The van der Waals surface area contributed by atoms with E-state index in [9.17, 15) is 34.4 Å². The molecule has 11 heteroatoms. The lowest BCUT2D eigenvalue weighted by Crippen LogP contribution is -2.44. The molecule has 1 aromatic carbocycles. The molecule has 0 aliphatic carbocycles. The number of nitrogens with one attached hydrogen (secondary N) is 1. The minimum Gasteiger partial charge on any atom is -0.458 e. The van der Waals surface area contributed by atoms with Crippen LogP contribution in [-0.2, 0) is 33.1 Å². The first kappa shape index (κ1) is 19.8. The Morgan fingerprint density at radius 1 is 1.25 bits per heavy atom. The fourth-order valence-electron chi connectivity index (χ4n) is 4.39. The maximum absolute atomic E-state index is 13.2. The van der Waals surface area contributed by atoms with E-state index < -0.39 is 33.7 Å². The van der Waals surface area contributed by atoms with Crippen molar-refractivity contribution in [2.75, 3.05) is 5.32 Å². The number of hydrogen-bond acceptors (Lipinski definition) is 8. The fraction of sp³-hybridized carbons (Fsp3) is 0.238. The van der Waals surface area contributed by atoms with Crippen molar-refractivity contribution in [2.24, 2.45) is 0 Å². The summed E-state index contributed by atoms with van der Waals surface area (Å²) in [5.41, 5.74) is -2.47. The van der Waals surface area contributed by atoms with E-state index in [1.807, 2.05) is 0 Å². The first-order valence-corrected chi connectivity index (χ1v) is 9.72. The van der Waals surface area contributed by atoms with Gasteiger partial charge in [0.1, 0.15) is 6.61 Å². The van der Waals surface area contributed by atoms with E-state index >= 15 is 0 Å². The van der Waals surface area contributed by atoms with Crippen LogP contribution in [0.15, 0.2) is 34.6 Å². The summed E-state index contributed by atoms with van der Waals surface area (Å²) in [5, 5.41) is 24.5. The maximum Gasteiger partial charge on any atom is 0.343 e. The monoisotopic (exact) mass is 437 g/mol. The molecule has 0 radical (unpaired) electrons. The van der Waals surface area contributed by atoms with E-state index in [1.165, 1.54) is 24.3 Å². The van der Waals surface area contributed by atoms with E-state index in [4.69, 9.17) is 4.74 Å². The average molecular weight is 437 g/mol. The molecule has 1 amide bonds. The van der Waals surface area contributed by atoms with Gasteiger partial charge in [0.15, 0.2) is 5.60 Å². The molecule has 5 rings (SSSR count). The fourth-order valence-corrected chi connectivity index (χ4v) is 4.39. The Kier molecular flexibility index (Phi) is 3.99. The third-order valence-corrected chi connectivity index (χ3v) is 6.13. The van der Waals surface area contributed by atoms with Gasteiger partial charge < -0.3 is 19.7 Å². The number of amides is 1. The number of non-ortho nitro benzene ring substituents is 1. The highest BCUT2D eigenvalue weighted by Gasteiger charge is 2.46. The molecule has 3 aliphatic rings. The standard InChI is InChI=1S/C21H15N3O8/c1-2-21(29)13-6-15-17(25)11(7-23(15)19(27)12(13)8-32-20(21)28)16-10-5-9(24(30)31)3-4-14(10)22-18(16)26/h3-6,29H,2,7-8H2,1H3,(H,22,26)/b16-11-/t21-/m1/s1. The lowest BCUT2D eigenvalue weighted by molar-refractivity contribution is -0.384. The number of esters is 1. The molecule has 4 heterocycles.